The molecule has 0 radical (unpaired) electrons. The Balaban J connectivity index is 1.98. The topological polar surface area (TPSA) is 0 Å². The molecule has 0 atom stereocenters. The van der Waals surface area contributed by atoms with Gasteiger partial charge in [0, 0.05) is 8.80 Å². The van der Waals surface area contributed by atoms with Gasteiger partial charge in [0.25, 0.3) is 0 Å². The van der Waals surface area contributed by atoms with Crippen LogP contribution in [0, 0.1) is 0 Å². The molecule has 1 aliphatic heterocycles. The van der Waals surface area contributed by atoms with Gasteiger partial charge in [-0.2, -0.15) is 0 Å². The van der Waals surface area contributed by atoms with Crippen molar-refractivity contribution in [3.05, 3.63) is 0 Å². The Morgan fingerprint density at radius 2 is 2.12 bits per heavy atom. The predicted octanol–water partition coefficient (Wildman–Crippen LogP) is 1.83. The van der Waals surface area contributed by atoms with E-state index in [9.17, 15) is 0 Å². The van der Waals surface area contributed by atoms with Crippen LogP contribution >= 0.6 is 15.3 Å². The van der Waals surface area contributed by atoms with E-state index in [2.05, 4.69) is 22.2 Å². The van der Waals surface area contributed by atoms with Crippen LogP contribution in [0.25, 0.3) is 0 Å². The zero-order valence-corrected chi connectivity index (χ0v) is 9.26. The zero-order valence-electron chi connectivity index (χ0n) is 5.36. The fraction of sp³-hybridized carbons (Fsp3) is 1.00. The summed E-state index contributed by atoms with van der Waals surface area (Å²) in [6.45, 7) is 2.32. The highest BCUT2D eigenvalue weighted by molar-refractivity contribution is 9.24. The van der Waals surface area contributed by atoms with Gasteiger partial charge in [-0.05, 0) is 0 Å². The predicted molar refractivity (Wildman–Crippen MR) is 47.9 cm³/mol. The lowest BCUT2D eigenvalue weighted by Crippen LogP contribution is -2.34. The lowest BCUT2D eigenvalue weighted by Gasteiger charge is -2.27. The molecular formula is C5H13BrSi2. The van der Waals surface area contributed by atoms with Gasteiger partial charge in [-0.3, -0.25) is 0 Å². The van der Waals surface area contributed by atoms with Crippen molar-refractivity contribution in [2.75, 3.05) is 0 Å². The second kappa shape index (κ2) is 3.18. The summed E-state index contributed by atoms with van der Waals surface area (Å²) in [5, 5.41) is 0. The first-order chi connectivity index (χ1) is 3.83. The maximum atomic E-state index is 3.74. The monoisotopic (exact) mass is 208 g/mol. The van der Waals surface area contributed by atoms with E-state index in [-0.39, 0.29) is 16.2 Å². The molecule has 0 nitrogen and oxygen atoms in total. The lowest BCUT2D eigenvalue weighted by atomic mass is 10.6. The Hall–Kier alpha value is 0.914. The summed E-state index contributed by atoms with van der Waals surface area (Å²) in [5.41, 5.74) is 3.40. The summed E-state index contributed by atoms with van der Waals surface area (Å²) in [4.78, 5) is 0. The van der Waals surface area contributed by atoms with Crippen LogP contribution in [0.1, 0.15) is 13.3 Å². The molecule has 1 saturated heterocycles. The molecule has 0 unspecified atom stereocenters. The van der Waals surface area contributed by atoms with Crippen LogP contribution in [0.15, 0.2) is 0 Å². The van der Waals surface area contributed by atoms with Crippen LogP contribution in [0.3, 0.4) is 0 Å². The second-order valence-electron chi connectivity index (χ2n) is 2.72. The van der Waals surface area contributed by atoms with E-state index in [1.165, 1.54) is 6.42 Å². The standard InChI is InChI=1S/C5H13BrSi2/c1-2-3-7-4-8(6)5-7/h7-8H,2-5H2,1H3. The summed E-state index contributed by atoms with van der Waals surface area (Å²) in [5.74, 6) is 0. The van der Waals surface area contributed by atoms with Crippen molar-refractivity contribution in [2.24, 2.45) is 0 Å². The third-order valence-corrected chi connectivity index (χ3v) is 19.4. The molecule has 3 heteroatoms. The fourth-order valence-electron chi connectivity index (χ4n) is 1.30. The first-order valence-corrected chi connectivity index (χ1v) is 10.7. The minimum absolute atomic E-state index is 0.0438. The largest absolute Gasteiger partial charge is 0.131 e. The maximum absolute atomic E-state index is 3.74. The quantitative estimate of drug-likeness (QED) is 0.481. The smallest absolute Gasteiger partial charge is 0.109 e. The van der Waals surface area contributed by atoms with Gasteiger partial charge < -0.3 is 0 Å². The van der Waals surface area contributed by atoms with Crippen molar-refractivity contribution in [3.63, 3.8) is 0 Å². The van der Waals surface area contributed by atoms with E-state index in [1.807, 2.05) is 0 Å². The van der Waals surface area contributed by atoms with Crippen molar-refractivity contribution in [1.82, 2.24) is 0 Å². The van der Waals surface area contributed by atoms with Crippen molar-refractivity contribution >= 4 is 31.5 Å². The second-order valence-corrected chi connectivity index (χ2v) is 13.9. The highest BCUT2D eigenvalue weighted by atomic mass is 79.9. The minimum Gasteiger partial charge on any atom is -0.131 e. The van der Waals surface area contributed by atoms with Gasteiger partial charge in [-0.15, -0.1) is 15.3 Å². The van der Waals surface area contributed by atoms with Crippen LogP contribution in [-0.4, -0.2) is 16.2 Å². The third kappa shape index (κ3) is 1.70. The van der Waals surface area contributed by atoms with Gasteiger partial charge in [-0.25, -0.2) is 0 Å². The summed E-state index contributed by atoms with van der Waals surface area (Å²) >= 11 is 3.74. The summed E-state index contributed by atoms with van der Waals surface area (Å²) < 4.78 is 0. The van der Waals surface area contributed by atoms with E-state index in [0.717, 1.165) is 0 Å². The molecular weight excluding hydrogens is 196 g/mol. The maximum Gasteiger partial charge on any atom is 0.109 e. The van der Waals surface area contributed by atoms with Crippen LogP contribution in [0.5, 0.6) is 0 Å². The third-order valence-electron chi connectivity index (χ3n) is 1.88. The highest BCUT2D eigenvalue weighted by Crippen LogP contribution is 2.27. The van der Waals surface area contributed by atoms with Crippen molar-refractivity contribution in [2.45, 2.75) is 30.7 Å². The summed E-state index contributed by atoms with van der Waals surface area (Å²) in [6, 6.07) is 1.62. The molecule has 0 aromatic carbocycles. The first-order valence-electron chi connectivity index (χ1n) is 3.47. The molecule has 1 fully saturated rings. The van der Waals surface area contributed by atoms with Crippen LogP contribution in [0.4, 0.5) is 0 Å². The molecule has 1 aliphatic rings. The molecule has 0 aromatic rings. The van der Waals surface area contributed by atoms with Crippen LogP contribution in [0.2, 0.25) is 17.4 Å². The number of rotatable bonds is 2. The van der Waals surface area contributed by atoms with E-state index in [4.69, 9.17) is 0 Å². The molecule has 8 heavy (non-hydrogen) atoms. The van der Waals surface area contributed by atoms with E-state index < -0.39 is 0 Å². The van der Waals surface area contributed by atoms with Gasteiger partial charge in [0.2, 0.25) is 0 Å². The average Bonchev–Trinajstić information content (AvgIpc) is 1.64. The molecule has 0 spiro atoms. The molecule has 1 heterocycles. The average molecular weight is 209 g/mol. The molecule has 1 rings (SSSR count). The van der Waals surface area contributed by atoms with Gasteiger partial charge in [-0.1, -0.05) is 30.7 Å². The van der Waals surface area contributed by atoms with Crippen LogP contribution < -0.4 is 0 Å². The van der Waals surface area contributed by atoms with E-state index in [1.54, 1.807) is 17.4 Å². The Bertz CT molecular complexity index is 68.1. The van der Waals surface area contributed by atoms with Crippen molar-refractivity contribution in [3.8, 4) is 0 Å². The van der Waals surface area contributed by atoms with Gasteiger partial charge in [0.1, 0.15) is 7.42 Å². The Labute approximate surface area is 62.5 Å². The van der Waals surface area contributed by atoms with Gasteiger partial charge in [0.15, 0.2) is 0 Å². The van der Waals surface area contributed by atoms with E-state index in [0.29, 0.717) is 0 Å². The molecule has 0 bridgehead atoms. The number of hydrogen-bond donors (Lipinski definition) is 0. The zero-order chi connectivity index (χ0) is 5.98. The van der Waals surface area contributed by atoms with E-state index >= 15 is 0 Å². The molecule has 0 aromatic heterocycles. The van der Waals surface area contributed by atoms with Crippen molar-refractivity contribution < 1.29 is 0 Å². The Kier molecular flexibility index (Phi) is 2.79. The first kappa shape index (κ1) is 7.03. The number of hydrogen-bond acceptors (Lipinski definition) is 0. The molecule has 0 saturated carbocycles. The SMILES string of the molecule is CCC[SiH]1C[SiH](Br)C1. The minimum atomic E-state index is -0.184. The summed E-state index contributed by atoms with van der Waals surface area (Å²) in [6.07, 6.45) is 1.45. The normalized spacial score (nSPS) is 36.8. The summed E-state index contributed by atoms with van der Waals surface area (Å²) in [7, 11) is -0.228. The molecule has 48 valence electrons. The number of halogens is 1. The molecule has 0 aliphatic carbocycles. The van der Waals surface area contributed by atoms with Gasteiger partial charge in [0.05, 0.1) is 0 Å². The van der Waals surface area contributed by atoms with Crippen LogP contribution in [-0.2, 0) is 0 Å². The lowest BCUT2D eigenvalue weighted by molar-refractivity contribution is 1.05. The highest BCUT2D eigenvalue weighted by Gasteiger charge is 2.28. The fourth-order valence-corrected chi connectivity index (χ4v) is 18.8. The van der Waals surface area contributed by atoms with Gasteiger partial charge >= 0.3 is 0 Å². The van der Waals surface area contributed by atoms with Crippen molar-refractivity contribution in [1.29, 1.82) is 0 Å². The Morgan fingerprint density at radius 1 is 1.50 bits per heavy atom. The Morgan fingerprint density at radius 3 is 2.50 bits per heavy atom. The molecule has 0 N–H and O–H groups in total. The molecule has 0 amide bonds.